The monoisotopic (exact) mass is 268 g/mol. The van der Waals surface area contributed by atoms with Gasteiger partial charge in [-0.2, -0.15) is 0 Å². The van der Waals surface area contributed by atoms with Gasteiger partial charge in [-0.05, 0) is 36.6 Å². The summed E-state index contributed by atoms with van der Waals surface area (Å²) in [5.74, 6) is 0.273. The van der Waals surface area contributed by atoms with Gasteiger partial charge < -0.3 is 15.4 Å². The van der Waals surface area contributed by atoms with Gasteiger partial charge in [0.1, 0.15) is 5.82 Å². The number of anilines is 1. The van der Waals surface area contributed by atoms with Crippen molar-refractivity contribution in [3.05, 3.63) is 29.6 Å². The first kappa shape index (κ1) is 15.9. The molecule has 2 N–H and O–H groups in total. The van der Waals surface area contributed by atoms with Crippen LogP contribution in [-0.2, 0) is 4.74 Å². The van der Waals surface area contributed by atoms with E-state index in [9.17, 15) is 4.39 Å². The lowest BCUT2D eigenvalue weighted by atomic mass is 10.0. The normalized spacial score (nSPS) is 12.8. The van der Waals surface area contributed by atoms with Crippen LogP contribution in [0.15, 0.2) is 18.2 Å². The minimum atomic E-state index is -0.243. The van der Waals surface area contributed by atoms with Gasteiger partial charge in [0, 0.05) is 31.9 Å². The summed E-state index contributed by atoms with van der Waals surface area (Å²) >= 11 is 0. The fourth-order valence-corrected chi connectivity index (χ4v) is 2.13. The SMILES string of the molecule is COCCN(CC(C)C)c1ccc(F)cc1C(C)N. The van der Waals surface area contributed by atoms with Crippen molar-refractivity contribution in [2.45, 2.75) is 26.8 Å². The van der Waals surface area contributed by atoms with Crippen LogP contribution in [0, 0.1) is 11.7 Å². The highest BCUT2D eigenvalue weighted by Gasteiger charge is 2.15. The van der Waals surface area contributed by atoms with Crippen molar-refractivity contribution in [3.8, 4) is 0 Å². The Kier molecular flexibility index (Phi) is 6.25. The topological polar surface area (TPSA) is 38.5 Å². The molecule has 108 valence electrons. The Morgan fingerprint density at radius 2 is 2.00 bits per heavy atom. The molecule has 0 heterocycles. The van der Waals surface area contributed by atoms with E-state index in [-0.39, 0.29) is 11.9 Å². The van der Waals surface area contributed by atoms with Crippen molar-refractivity contribution in [2.75, 3.05) is 31.7 Å². The highest BCUT2D eigenvalue weighted by Crippen LogP contribution is 2.26. The summed E-state index contributed by atoms with van der Waals surface area (Å²) in [5.41, 5.74) is 7.80. The zero-order valence-corrected chi connectivity index (χ0v) is 12.3. The van der Waals surface area contributed by atoms with Crippen LogP contribution in [0.1, 0.15) is 32.4 Å². The van der Waals surface area contributed by atoms with Crippen molar-refractivity contribution in [3.63, 3.8) is 0 Å². The first-order valence-corrected chi connectivity index (χ1v) is 6.74. The van der Waals surface area contributed by atoms with Gasteiger partial charge in [0.15, 0.2) is 0 Å². The van der Waals surface area contributed by atoms with Crippen LogP contribution in [-0.4, -0.2) is 26.8 Å². The van der Waals surface area contributed by atoms with Gasteiger partial charge in [-0.25, -0.2) is 4.39 Å². The second-order valence-electron chi connectivity index (χ2n) is 5.32. The van der Waals surface area contributed by atoms with Crippen molar-refractivity contribution in [1.29, 1.82) is 0 Å². The molecule has 0 bridgehead atoms. The fraction of sp³-hybridized carbons (Fsp3) is 0.600. The molecule has 0 radical (unpaired) electrons. The largest absolute Gasteiger partial charge is 0.383 e. The Balaban J connectivity index is 3.05. The van der Waals surface area contributed by atoms with E-state index < -0.39 is 0 Å². The third-order valence-electron chi connectivity index (χ3n) is 2.97. The van der Waals surface area contributed by atoms with E-state index >= 15 is 0 Å². The minimum absolute atomic E-state index is 0.192. The number of rotatable bonds is 7. The maximum Gasteiger partial charge on any atom is 0.123 e. The van der Waals surface area contributed by atoms with Crippen LogP contribution in [0.4, 0.5) is 10.1 Å². The molecule has 1 atom stereocenters. The molecule has 0 saturated carbocycles. The number of benzene rings is 1. The first-order chi connectivity index (χ1) is 8.95. The van der Waals surface area contributed by atoms with Crippen LogP contribution in [0.5, 0.6) is 0 Å². The molecule has 0 aliphatic rings. The summed E-state index contributed by atoms with van der Waals surface area (Å²) in [6.45, 7) is 8.52. The standard InChI is InChI=1S/C15H25FN2O/c1-11(2)10-18(7-8-19-4)15-6-5-13(16)9-14(15)12(3)17/h5-6,9,11-12H,7-8,10,17H2,1-4H3. The van der Waals surface area contributed by atoms with Crippen molar-refractivity contribution >= 4 is 5.69 Å². The predicted molar refractivity (Wildman–Crippen MR) is 77.9 cm³/mol. The molecular formula is C15H25FN2O. The second kappa shape index (κ2) is 7.46. The third-order valence-corrected chi connectivity index (χ3v) is 2.97. The molecule has 0 amide bonds. The van der Waals surface area contributed by atoms with Crippen molar-refractivity contribution in [1.82, 2.24) is 0 Å². The van der Waals surface area contributed by atoms with E-state index in [1.807, 2.05) is 13.0 Å². The molecule has 1 rings (SSSR count). The Labute approximate surface area is 115 Å². The summed E-state index contributed by atoms with van der Waals surface area (Å²) in [6.07, 6.45) is 0. The van der Waals surface area contributed by atoms with Crippen LogP contribution in [0.2, 0.25) is 0 Å². The summed E-state index contributed by atoms with van der Waals surface area (Å²) in [7, 11) is 1.69. The van der Waals surface area contributed by atoms with E-state index in [4.69, 9.17) is 10.5 Å². The highest BCUT2D eigenvalue weighted by atomic mass is 19.1. The number of nitrogens with zero attached hydrogens (tertiary/aromatic N) is 1. The van der Waals surface area contributed by atoms with E-state index in [1.54, 1.807) is 7.11 Å². The Morgan fingerprint density at radius 1 is 1.32 bits per heavy atom. The molecular weight excluding hydrogens is 243 g/mol. The number of ether oxygens (including phenoxy) is 1. The Morgan fingerprint density at radius 3 is 2.53 bits per heavy atom. The van der Waals surface area contributed by atoms with Crippen LogP contribution in [0.3, 0.4) is 0 Å². The van der Waals surface area contributed by atoms with Gasteiger partial charge in [0.25, 0.3) is 0 Å². The number of hydrogen-bond donors (Lipinski definition) is 1. The third kappa shape index (κ3) is 4.80. The lowest BCUT2D eigenvalue weighted by Crippen LogP contribution is -2.32. The molecule has 0 aromatic heterocycles. The average molecular weight is 268 g/mol. The number of hydrogen-bond acceptors (Lipinski definition) is 3. The molecule has 0 aliphatic heterocycles. The lowest BCUT2D eigenvalue weighted by molar-refractivity contribution is 0.204. The smallest absolute Gasteiger partial charge is 0.123 e. The first-order valence-electron chi connectivity index (χ1n) is 6.74. The van der Waals surface area contributed by atoms with Crippen LogP contribution in [0.25, 0.3) is 0 Å². The molecule has 4 heteroatoms. The zero-order valence-electron chi connectivity index (χ0n) is 12.3. The predicted octanol–water partition coefficient (Wildman–Crippen LogP) is 2.95. The van der Waals surface area contributed by atoms with E-state index in [1.165, 1.54) is 12.1 Å². The van der Waals surface area contributed by atoms with Crippen molar-refractivity contribution in [2.24, 2.45) is 11.7 Å². The van der Waals surface area contributed by atoms with Gasteiger partial charge in [0.2, 0.25) is 0 Å². The van der Waals surface area contributed by atoms with Crippen molar-refractivity contribution < 1.29 is 9.13 Å². The molecule has 3 nitrogen and oxygen atoms in total. The highest BCUT2D eigenvalue weighted by molar-refractivity contribution is 5.55. The molecule has 1 unspecified atom stereocenters. The number of nitrogens with two attached hydrogens (primary N) is 1. The molecule has 0 fully saturated rings. The molecule has 1 aromatic rings. The number of methoxy groups -OCH3 is 1. The van der Waals surface area contributed by atoms with Gasteiger partial charge >= 0.3 is 0 Å². The fourth-order valence-electron chi connectivity index (χ4n) is 2.13. The summed E-state index contributed by atoms with van der Waals surface area (Å²) in [4.78, 5) is 2.21. The average Bonchev–Trinajstić information content (AvgIpc) is 2.34. The van der Waals surface area contributed by atoms with E-state index in [0.717, 1.165) is 24.3 Å². The summed E-state index contributed by atoms with van der Waals surface area (Å²) < 4.78 is 18.5. The van der Waals surface area contributed by atoms with Crippen LogP contribution >= 0.6 is 0 Å². The zero-order chi connectivity index (χ0) is 14.4. The summed E-state index contributed by atoms with van der Waals surface area (Å²) in [5, 5.41) is 0. The molecule has 0 spiro atoms. The van der Waals surface area contributed by atoms with E-state index in [0.29, 0.717) is 12.5 Å². The molecule has 1 aromatic carbocycles. The Bertz CT molecular complexity index is 394. The minimum Gasteiger partial charge on any atom is -0.383 e. The molecule has 0 saturated heterocycles. The van der Waals surface area contributed by atoms with Gasteiger partial charge in [0.05, 0.1) is 6.61 Å². The van der Waals surface area contributed by atoms with Crippen LogP contribution < -0.4 is 10.6 Å². The van der Waals surface area contributed by atoms with Gasteiger partial charge in [-0.1, -0.05) is 13.8 Å². The maximum atomic E-state index is 13.4. The maximum absolute atomic E-state index is 13.4. The Hall–Kier alpha value is -1.13. The summed E-state index contributed by atoms with van der Waals surface area (Å²) in [6, 6.07) is 4.64. The second-order valence-corrected chi connectivity index (χ2v) is 5.32. The van der Waals surface area contributed by atoms with E-state index in [2.05, 4.69) is 18.7 Å². The molecule has 0 aliphatic carbocycles. The van der Waals surface area contributed by atoms with Gasteiger partial charge in [-0.15, -0.1) is 0 Å². The quantitative estimate of drug-likeness (QED) is 0.826. The molecule has 19 heavy (non-hydrogen) atoms. The van der Waals surface area contributed by atoms with Gasteiger partial charge in [-0.3, -0.25) is 0 Å². The number of halogens is 1. The lowest BCUT2D eigenvalue weighted by Gasteiger charge is -2.29.